The fraction of sp³-hybridized carbons (Fsp3) is 0.795. The van der Waals surface area contributed by atoms with Crippen LogP contribution in [0.5, 0.6) is 0 Å². The predicted molar refractivity (Wildman–Crippen MR) is 375 cm³/mol. The maximum Gasteiger partial charge on any atom is 0.306 e. The average Bonchev–Trinajstić information content (AvgIpc) is 1.80. The van der Waals surface area contributed by atoms with Gasteiger partial charge in [0.15, 0.2) is 12.4 Å². The minimum Gasteiger partial charge on any atom is -0.454 e. The van der Waals surface area contributed by atoms with E-state index >= 15 is 0 Å². The highest BCUT2D eigenvalue weighted by molar-refractivity contribution is 5.80. The Bertz CT molecular complexity index is 1780. The molecule has 0 aromatic heterocycles. The van der Waals surface area contributed by atoms with Crippen LogP contribution in [0.3, 0.4) is 0 Å². The van der Waals surface area contributed by atoms with E-state index in [9.17, 15) is 35.1 Å². The Kier molecular flexibility index (Phi) is 61.2. The average molecular weight is 1250 g/mol. The van der Waals surface area contributed by atoms with Crippen LogP contribution in [-0.4, -0.2) is 99.6 Å². The normalized spacial score (nSPS) is 18.6. The Balaban J connectivity index is 2.57. The number of carbonyl (C=O) groups is 2. The van der Waals surface area contributed by atoms with Crippen molar-refractivity contribution in [3.05, 3.63) is 85.1 Å². The first kappa shape index (κ1) is 83.9. The number of nitrogens with one attached hydrogen (secondary N) is 1. The Morgan fingerprint density at radius 2 is 0.809 bits per heavy atom. The van der Waals surface area contributed by atoms with Gasteiger partial charge in [-0.1, -0.05) is 318 Å². The molecule has 11 heteroatoms. The van der Waals surface area contributed by atoms with Crippen molar-refractivity contribution in [2.75, 3.05) is 13.2 Å². The number of allylic oxidation sites excluding steroid dienone is 13. The van der Waals surface area contributed by atoms with Gasteiger partial charge in [0.25, 0.3) is 0 Å². The smallest absolute Gasteiger partial charge is 0.306 e. The molecule has 0 aromatic rings. The van der Waals surface area contributed by atoms with Crippen molar-refractivity contribution in [3.8, 4) is 0 Å². The van der Waals surface area contributed by atoms with Crippen molar-refractivity contribution in [1.29, 1.82) is 0 Å². The van der Waals surface area contributed by atoms with E-state index in [0.29, 0.717) is 19.3 Å². The fourth-order valence-corrected chi connectivity index (χ4v) is 11.4. The molecule has 0 aromatic carbocycles. The van der Waals surface area contributed by atoms with Gasteiger partial charge >= 0.3 is 5.97 Å². The number of rotatable bonds is 64. The zero-order valence-corrected chi connectivity index (χ0v) is 57.5. The molecule has 1 saturated heterocycles. The molecular formula is C78H139NO10. The van der Waals surface area contributed by atoms with Crippen LogP contribution in [0.4, 0.5) is 0 Å². The highest BCUT2D eigenvalue weighted by Crippen LogP contribution is 2.26. The number of aliphatic hydroxyl groups excluding tert-OH is 5. The van der Waals surface area contributed by atoms with Gasteiger partial charge in [-0.2, -0.15) is 0 Å². The molecule has 1 fully saturated rings. The Labute approximate surface area is 546 Å². The van der Waals surface area contributed by atoms with Crippen LogP contribution in [0.25, 0.3) is 0 Å². The van der Waals surface area contributed by atoms with Gasteiger partial charge in [-0.05, 0) is 96.3 Å². The third-order valence-electron chi connectivity index (χ3n) is 17.3. The van der Waals surface area contributed by atoms with Crippen LogP contribution in [-0.2, 0) is 23.8 Å². The molecule has 1 rings (SSSR count). The predicted octanol–water partition coefficient (Wildman–Crippen LogP) is 19.6. The maximum absolute atomic E-state index is 13.5. The molecule has 0 aliphatic carbocycles. The molecule has 8 atom stereocenters. The van der Waals surface area contributed by atoms with Crippen molar-refractivity contribution >= 4 is 11.9 Å². The summed E-state index contributed by atoms with van der Waals surface area (Å²) in [5.41, 5.74) is 0. The first-order chi connectivity index (χ1) is 43.7. The minimum absolute atomic E-state index is 0.114. The molecule has 89 heavy (non-hydrogen) atoms. The summed E-state index contributed by atoms with van der Waals surface area (Å²) in [5.74, 6) is -1.19. The number of esters is 1. The number of amides is 1. The van der Waals surface area contributed by atoms with Crippen LogP contribution >= 0.6 is 0 Å². The van der Waals surface area contributed by atoms with Crippen LogP contribution < -0.4 is 5.32 Å². The molecule has 6 N–H and O–H groups in total. The summed E-state index contributed by atoms with van der Waals surface area (Å²) in [6, 6.07) is -1.03. The Morgan fingerprint density at radius 3 is 1.22 bits per heavy atom. The molecular weight excluding hydrogens is 1110 g/mol. The molecule has 1 amide bonds. The molecule has 1 heterocycles. The highest BCUT2D eigenvalue weighted by atomic mass is 16.7. The number of carbonyl (C=O) groups excluding carboxylic acids is 2. The molecule has 0 radical (unpaired) electrons. The lowest BCUT2D eigenvalue weighted by atomic mass is 9.99. The fourth-order valence-electron chi connectivity index (χ4n) is 11.4. The van der Waals surface area contributed by atoms with Crippen molar-refractivity contribution in [2.45, 2.75) is 384 Å². The molecule has 1 aliphatic rings. The van der Waals surface area contributed by atoms with Gasteiger partial charge in [0, 0.05) is 6.42 Å². The number of ether oxygens (including phenoxy) is 3. The van der Waals surface area contributed by atoms with E-state index in [2.05, 4.69) is 99.0 Å². The summed E-state index contributed by atoms with van der Waals surface area (Å²) in [6.07, 6.45) is 76.2. The molecule has 0 spiro atoms. The van der Waals surface area contributed by atoms with Crippen molar-refractivity contribution in [1.82, 2.24) is 5.32 Å². The van der Waals surface area contributed by atoms with Gasteiger partial charge in [0.2, 0.25) is 5.91 Å². The van der Waals surface area contributed by atoms with E-state index in [1.54, 1.807) is 6.08 Å². The first-order valence-corrected chi connectivity index (χ1v) is 37.4. The van der Waals surface area contributed by atoms with Gasteiger partial charge in [0.05, 0.1) is 25.4 Å². The Morgan fingerprint density at radius 1 is 0.449 bits per heavy atom. The summed E-state index contributed by atoms with van der Waals surface area (Å²) in [4.78, 5) is 26.7. The van der Waals surface area contributed by atoms with E-state index in [-0.39, 0.29) is 13.0 Å². The van der Waals surface area contributed by atoms with E-state index in [1.165, 1.54) is 186 Å². The van der Waals surface area contributed by atoms with Gasteiger partial charge in [0.1, 0.15) is 24.4 Å². The van der Waals surface area contributed by atoms with Crippen molar-refractivity contribution < 1.29 is 49.3 Å². The zero-order valence-electron chi connectivity index (χ0n) is 57.5. The number of unbranched alkanes of at least 4 members (excludes halogenated alkanes) is 38. The lowest BCUT2D eigenvalue weighted by Crippen LogP contribution is -2.61. The standard InChI is InChI=1S/C78H139NO10/c1-4-7-10-13-16-19-22-25-27-29-31-33-35-36-37-39-41-43-45-48-51-54-57-60-63-66-73(83)89-76-75(85)74(84)72(67-80)88-78(76)87-68-69(70(81)64-61-58-55-52-49-46-24-21-18-15-12-9-6-3)79-77(86)71(82)65-62-59-56-53-50-47-44-42-40-38-34-32-30-28-26-23-20-17-14-11-8-5-2/h7,10,16,19,25-28,31,33,36-37,61,64,69-72,74-76,78,80-82,84-85H,4-6,8-9,11-15,17-18,20-24,29-30,32,34-35,38-60,62-63,65-68H2,1-3H3,(H,79,86)/b10-7-,19-16-,27-25-,28-26+,33-31-,37-36-,64-61+. The van der Waals surface area contributed by atoms with Crippen molar-refractivity contribution in [3.63, 3.8) is 0 Å². The summed E-state index contributed by atoms with van der Waals surface area (Å²) in [5, 5.41) is 57.4. The minimum atomic E-state index is -1.62. The second-order valence-corrected chi connectivity index (χ2v) is 25.6. The SMILES string of the molecule is CC/C=C\C/C=C\C/C=C\C/C=C\C/C=C\CCCCCCCCCCCC(=O)OC1C(OCC(NC(=O)C(O)CCCCCCCCCCCCCC/C=C/CCCCCCCC)C(O)/C=C/CCCCCCCCCCCCC)OC(CO)C(O)C1O. The lowest BCUT2D eigenvalue weighted by Gasteiger charge is -2.41. The first-order valence-electron chi connectivity index (χ1n) is 37.4. The second kappa shape index (κ2) is 64.9. The third kappa shape index (κ3) is 52.0. The lowest BCUT2D eigenvalue weighted by molar-refractivity contribution is -0.305. The van der Waals surface area contributed by atoms with Gasteiger partial charge < -0.3 is 45.1 Å². The summed E-state index contributed by atoms with van der Waals surface area (Å²) in [7, 11) is 0. The van der Waals surface area contributed by atoms with E-state index < -0.39 is 67.4 Å². The topological polar surface area (TPSA) is 175 Å². The molecule has 0 saturated carbocycles. The monoisotopic (exact) mass is 1250 g/mol. The molecule has 1 aliphatic heterocycles. The van der Waals surface area contributed by atoms with Crippen LogP contribution in [0.15, 0.2) is 85.1 Å². The van der Waals surface area contributed by atoms with Crippen LogP contribution in [0.2, 0.25) is 0 Å². The second-order valence-electron chi connectivity index (χ2n) is 25.6. The van der Waals surface area contributed by atoms with Gasteiger partial charge in [-0.25, -0.2) is 0 Å². The molecule has 8 unspecified atom stereocenters. The van der Waals surface area contributed by atoms with E-state index in [4.69, 9.17) is 14.2 Å². The molecule has 11 nitrogen and oxygen atoms in total. The third-order valence-corrected chi connectivity index (χ3v) is 17.3. The van der Waals surface area contributed by atoms with Gasteiger partial charge in [-0.15, -0.1) is 0 Å². The largest absolute Gasteiger partial charge is 0.454 e. The summed E-state index contributed by atoms with van der Waals surface area (Å²) in [6.45, 7) is 5.71. The van der Waals surface area contributed by atoms with Crippen molar-refractivity contribution in [2.24, 2.45) is 0 Å². The number of aliphatic hydroxyl groups is 5. The summed E-state index contributed by atoms with van der Waals surface area (Å²) >= 11 is 0. The number of hydrogen-bond donors (Lipinski definition) is 6. The van der Waals surface area contributed by atoms with Crippen LogP contribution in [0, 0.1) is 0 Å². The van der Waals surface area contributed by atoms with Crippen LogP contribution in [0.1, 0.15) is 335 Å². The Hall–Kier alpha value is -3.16. The zero-order chi connectivity index (χ0) is 64.6. The summed E-state index contributed by atoms with van der Waals surface area (Å²) < 4.78 is 17.7. The quantitative estimate of drug-likeness (QED) is 0.0195. The van der Waals surface area contributed by atoms with E-state index in [0.717, 1.165) is 103 Å². The highest BCUT2D eigenvalue weighted by Gasteiger charge is 2.47. The maximum atomic E-state index is 13.5. The van der Waals surface area contributed by atoms with E-state index in [1.807, 2.05) is 6.08 Å². The molecule has 0 bridgehead atoms. The van der Waals surface area contributed by atoms with Gasteiger partial charge in [-0.3, -0.25) is 9.59 Å². The number of hydrogen-bond acceptors (Lipinski definition) is 10. The molecule has 516 valence electrons.